The van der Waals surface area contributed by atoms with E-state index in [4.69, 9.17) is 4.42 Å². The monoisotopic (exact) mass is 505 g/mol. The van der Waals surface area contributed by atoms with E-state index in [9.17, 15) is 9.59 Å². The van der Waals surface area contributed by atoms with Crippen molar-refractivity contribution in [2.75, 3.05) is 11.4 Å². The van der Waals surface area contributed by atoms with Gasteiger partial charge in [-0.1, -0.05) is 78.9 Å². The number of anilines is 1. The van der Waals surface area contributed by atoms with E-state index in [2.05, 4.69) is 10.5 Å². The zero-order chi connectivity index (χ0) is 26.5. The standard InChI is InChI=1S/C32H31N3O3/c1-3-35(25-18-11-6-12-19-25)32(37)30-22(2)28-26(20-13-21-27(28)38-30)33-34-31(36)29(23-14-7-4-8-15-23)24-16-9-5-10-17-24/h4-12,14-19,29H,3,13,20-21H2,1-2H3,(H,34,36)/b33-26+. The number of benzene rings is 3. The highest BCUT2D eigenvalue weighted by molar-refractivity contribution is 6.10. The highest BCUT2D eigenvalue weighted by Crippen LogP contribution is 2.32. The maximum atomic E-state index is 13.5. The molecule has 1 aliphatic carbocycles. The first-order chi connectivity index (χ1) is 18.6. The lowest BCUT2D eigenvalue weighted by atomic mass is 9.90. The highest BCUT2D eigenvalue weighted by atomic mass is 16.4. The normalized spacial score (nSPS) is 13.8. The van der Waals surface area contributed by atoms with Gasteiger partial charge in [0.1, 0.15) is 5.76 Å². The molecular weight excluding hydrogens is 474 g/mol. The highest BCUT2D eigenvalue weighted by Gasteiger charge is 2.31. The van der Waals surface area contributed by atoms with Crippen molar-refractivity contribution in [1.29, 1.82) is 0 Å². The molecule has 0 saturated heterocycles. The third kappa shape index (κ3) is 5.02. The van der Waals surface area contributed by atoms with E-state index in [0.717, 1.165) is 52.3 Å². The second kappa shape index (κ2) is 11.3. The number of hydrogen-bond acceptors (Lipinski definition) is 4. The molecule has 5 rings (SSSR count). The second-order valence-corrected chi connectivity index (χ2v) is 9.38. The molecule has 2 amide bonds. The number of aryl methyl sites for hydroxylation is 1. The van der Waals surface area contributed by atoms with Crippen molar-refractivity contribution in [2.45, 2.75) is 39.0 Å². The minimum atomic E-state index is -0.489. The molecule has 6 heteroatoms. The van der Waals surface area contributed by atoms with Crippen LogP contribution in [0.4, 0.5) is 5.69 Å². The summed E-state index contributed by atoms with van der Waals surface area (Å²) in [6.45, 7) is 4.36. The maximum absolute atomic E-state index is 13.5. The zero-order valence-corrected chi connectivity index (χ0v) is 21.7. The Morgan fingerprint density at radius 3 is 2.05 bits per heavy atom. The van der Waals surface area contributed by atoms with E-state index in [1.807, 2.05) is 105 Å². The SMILES string of the molecule is CCN(C(=O)c1oc2c(c1C)/C(=N/NC(=O)C(c1ccccc1)c1ccccc1)CCC2)c1ccccc1. The van der Waals surface area contributed by atoms with Crippen LogP contribution in [0.2, 0.25) is 0 Å². The van der Waals surface area contributed by atoms with Crippen molar-refractivity contribution in [3.05, 3.63) is 125 Å². The molecule has 0 unspecified atom stereocenters. The van der Waals surface area contributed by atoms with E-state index in [1.165, 1.54) is 0 Å². The summed E-state index contributed by atoms with van der Waals surface area (Å²) >= 11 is 0. The first kappa shape index (κ1) is 25.2. The largest absolute Gasteiger partial charge is 0.455 e. The fourth-order valence-electron chi connectivity index (χ4n) is 5.13. The Bertz CT molecular complexity index is 1400. The van der Waals surface area contributed by atoms with Crippen LogP contribution < -0.4 is 10.3 Å². The molecule has 0 aliphatic heterocycles. The first-order valence-corrected chi connectivity index (χ1v) is 13.0. The third-order valence-corrected chi connectivity index (χ3v) is 6.98. The number of hydrazone groups is 1. The number of nitrogens with one attached hydrogen (secondary N) is 1. The van der Waals surface area contributed by atoms with Crippen LogP contribution in [0.15, 0.2) is 101 Å². The molecule has 0 bridgehead atoms. The van der Waals surface area contributed by atoms with Gasteiger partial charge < -0.3 is 9.32 Å². The van der Waals surface area contributed by atoms with Gasteiger partial charge in [-0.3, -0.25) is 9.59 Å². The lowest BCUT2D eigenvalue weighted by molar-refractivity contribution is -0.121. The average Bonchev–Trinajstić information content (AvgIpc) is 3.31. The predicted octanol–water partition coefficient (Wildman–Crippen LogP) is 6.24. The molecule has 1 heterocycles. The number of rotatable bonds is 7. The third-order valence-electron chi connectivity index (χ3n) is 6.98. The van der Waals surface area contributed by atoms with Crippen LogP contribution in [-0.4, -0.2) is 24.1 Å². The molecule has 0 atom stereocenters. The van der Waals surface area contributed by atoms with Crippen LogP contribution in [0.5, 0.6) is 0 Å². The van der Waals surface area contributed by atoms with Crippen molar-refractivity contribution in [3.8, 4) is 0 Å². The van der Waals surface area contributed by atoms with Crippen LogP contribution in [-0.2, 0) is 11.2 Å². The Morgan fingerprint density at radius 2 is 1.47 bits per heavy atom. The number of hydrogen-bond donors (Lipinski definition) is 1. The second-order valence-electron chi connectivity index (χ2n) is 9.38. The van der Waals surface area contributed by atoms with Gasteiger partial charge in [-0.15, -0.1) is 0 Å². The molecule has 1 aromatic heterocycles. The molecule has 0 radical (unpaired) electrons. The number of para-hydroxylation sites is 1. The van der Waals surface area contributed by atoms with Crippen molar-refractivity contribution in [2.24, 2.45) is 5.10 Å². The van der Waals surface area contributed by atoms with Gasteiger partial charge in [-0.25, -0.2) is 5.43 Å². The Balaban J connectivity index is 1.44. The molecule has 0 fully saturated rings. The fraction of sp³-hybridized carbons (Fsp3) is 0.219. The lowest BCUT2D eigenvalue weighted by Crippen LogP contribution is -2.30. The van der Waals surface area contributed by atoms with E-state index in [1.54, 1.807) is 4.90 Å². The smallest absolute Gasteiger partial charge is 0.294 e. The minimum absolute atomic E-state index is 0.179. The van der Waals surface area contributed by atoms with Crippen molar-refractivity contribution >= 4 is 23.2 Å². The van der Waals surface area contributed by atoms with E-state index in [-0.39, 0.29) is 11.8 Å². The van der Waals surface area contributed by atoms with Gasteiger partial charge in [0.25, 0.3) is 11.8 Å². The summed E-state index contributed by atoms with van der Waals surface area (Å²) in [5, 5.41) is 4.59. The molecule has 0 saturated carbocycles. The summed E-state index contributed by atoms with van der Waals surface area (Å²) in [6.07, 6.45) is 2.25. The first-order valence-electron chi connectivity index (χ1n) is 13.0. The Labute approximate surface area is 223 Å². The topological polar surface area (TPSA) is 74.9 Å². The van der Waals surface area contributed by atoms with Gasteiger partial charge in [0.05, 0.1) is 11.6 Å². The number of fused-ring (bicyclic) bond motifs is 1. The minimum Gasteiger partial charge on any atom is -0.455 e. The lowest BCUT2D eigenvalue weighted by Gasteiger charge is -2.20. The summed E-state index contributed by atoms with van der Waals surface area (Å²) < 4.78 is 6.14. The summed E-state index contributed by atoms with van der Waals surface area (Å²) in [4.78, 5) is 28.7. The molecule has 4 aromatic rings. The Kier molecular flexibility index (Phi) is 7.50. The summed E-state index contributed by atoms with van der Waals surface area (Å²) in [5.74, 6) is 0.198. The molecule has 38 heavy (non-hydrogen) atoms. The van der Waals surface area contributed by atoms with Crippen LogP contribution in [0, 0.1) is 6.92 Å². The van der Waals surface area contributed by atoms with Gasteiger partial charge in [-0.05, 0) is 49.9 Å². The van der Waals surface area contributed by atoms with E-state index < -0.39 is 5.92 Å². The summed E-state index contributed by atoms with van der Waals surface area (Å²) in [7, 11) is 0. The molecule has 192 valence electrons. The van der Waals surface area contributed by atoms with Gasteiger partial charge in [0.15, 0.2) is 5.76 Å². The molecule has 0 spiro atoms. The van der Waals surface area contributed by atoms with Gasteiger partial charge in [0.2, 0.25) is 0 Å². The van der Waals surface area contributed by atoms with Gasteiger partial charge in [-0.2, -0.15) is 5.10 Å². The molecule has 1 N–H and O–H groups in total. The van der Waals surface area contributed by atoms with Crippen LogP contribution in [0.1, 0.15) is 64.3 Å². The molecule has 6 nitrogen and oxygen atoms in total. The van der Waals surface area contributed by atoms with Gasteiger partial charge >= 0.3 is 0 Å². The average molecular weight is 506 g/mol. The van der Waals surface area contributed by atoms with Crippen LogP contribution >= 0.6 is 0 Å². The predicted molar refractivity (Wildman–Crippen MR) is 150 cm³/mol. The Hall–Kier alpha value is -4.45. The maximum Gasteiger partial charge on any atom is 0.294 e. The molecular formula is C32H31N3O3. The van der Waals surface area contributed by atoms with Crippen LogP contribution in [0.25, 0.3) is 0 Å². The number of carbonyl (C=O) groups is 2. The quantitative estimate of drug-likeness (QED) is 0.302. The number of amides is 2. The van der Waals surface area contributed by atoms with Gasteiger partial charge in [0, 0.05) is 29.8 Å². The number of nitrogens with zero attached hydrogens (tertiary/aromatic N) is 2. The molecule has 1 aliphatic rings. The van der Waals surface area contributed by atoms with Crippen molar-refractivity contribution < 1.29 is 14.0 Å². The Morgan fingerprint density at radius 1 is 0.895 bits per heavy atom. The number of carbonyl (C=O) groups excluding carboxylic acids is 2. The zero-order valence-electron chi connectivity index (χ0n) is 21.7. The van der Waals surface area contributed by atoms with E-state index >= 15 is 0 Å². The molecule has 3 aromatic carbocycles. The number of furan rings is 1. The van der Waals surface area contributed by atoms with E-state index in [0.29, 0.717) is 18.7 Å². The van der Waals surface area contributed by atoms with Crippen LogP contribution in [0.3, 0.4) is 0 Å². The summed E-state index contributed by atoms with van der Waals surface area (Å²) in [5.41, 5.74) is 7.77. The fourth-order valence-corrected chi connectivity index (χ4v) is 5.13. The summed E-state index contributed by atoms with van der Waals surface area (Å²) in [6, 6.07) is 29.0. The van der Waals surface area contributed by atoms with Crippen molar-refractivity contribution in [1.82, 2.24) is 5.43 Å². The van der Waals surface area contributed by atoms with Crippen molar-refractivity contribution in [3.63, 3.8) is 0 Å².